The first-order valence-corrected chi connectivity index (χ1v) is 7.76. The lowest BCUT2D eigenvalue weighted by molar-refractivity contribution is 0.0954. The van der Waals surface area contributed by atoms with Crippen molar-refractivity contribution in [2.45, 2.75) is 12.1 Å². The molecule has 0 amide bonds. The minimum absolute atomic E-state index is 0.196. The van der Waals surface area contributed by atoms with E-state index in [1.54, 1.807) is 25.3 Å². The predicted molar refractivity (Wildman–Crippen MR) is 82.3 cm³/mol. The number of fused-ring (bicyclic) bond motifs is 1. The first kappa shape index (κ1) is 14.7. The summed E-state index contributed by atoms with van der Waals surface area (Å²) in [5.41, 5.74) is 1.55. The van der Waals surface area contributed by atoms with Gasteiger partial charge in [-0.3, -0.25) is 9.36 Å². The molecule has 0 spiro atoms. The average Bonchev–Trinajstić information content (AvgIpc) is 2.87. The van der Waals surface area contributed by atoms with Crippen molar-refractivity contribution in [3.63, 3.8) is 0 Å². The van der Waals surface area contributed by atoms with Crippen molar-refractivity contribution in [1.29, 1.82) is 0 Å². The molecular weight excluding hydrogens is 306 g/mol. The summed E-state index contributed by atoms with van der Waals surface area (Å²) in [6.45, 7) is 1.62. The SMILES string of the molecule is CSc1nc2ccc(F)cc2n1C(=O)c1ccc(C)c(F)c1. The van der Waals surface area contributed by atoms with Crippen LogP contribution in [0.5, 0.6) is 0 Å². The highest BCUT2D eigenvalue weighted by atomic mass is 32.2. The van der Waals surface area contributed by atoms with E-state index in [9.17, 15) is 13.6 Å². The van der Waals surface area contributed by atoms with Gasteiger partial charge in [-0.25, -0.2) is 13.8 Å². The monoisotopic (exact) mass is 318 g/mol. The molecule has 0 fully saturated rings. The molecule has 6 heteroatoms. The Morgan fingerprint density at radius 3 is 2.64 bits per heavy atom. The summed E-state index contributed by atoms with van der Waals surface area (Å²) in [5.74, 6) is -1.34. The zero-order valence-corrected chi connectivity index (χ0v) is 12.7. The molecule has 0 aliphatic carbocycles. The summed E-state index contributed by atoms with van der Waals surface area (Å²) < 4.78 is 28.5. The third-order valence-electron chi connectivity index (χ3n) is 3.39. The number of rotatable bonds is 2. The van der Waals surface area contributed by atoms with Crippen LogP contribution in [0.2, 0.25) is 0 Å². The third kappa shape index (κ3) is 2.39. The highest BCUT2D eigenvalue weighted by Gasteiger charge is 2.19. The van der Waals surface area contributed by atoms with E-state index in [1.165, 1.54) is 40.6 Å². The predicted octanol–water partition coefficient (Wildman–Crippen LogP) is 4.03. The number of thioether (sulfide) groups is 1. The first-order valence-electron chi connectivity index (χ1n) is 6.54. The molecule has 0 saturated heterocycles. The molecule has 1 heterocycles. The molecule has 0 unspecified atom stereocenters. The second-order valence-corrected chi connectivity index (χ2v) is 5.61. The number of benzene rings is 2. The molecule has 0 atom stereocenters. The van der Waals surface area contributed by atoms with Crippen molar-refractivity contribution < 1.29 is 13.6 Å². The molecule has 1 aromatic heterocycles. The molecule has 3 nitrogen and oxygen atoms in total. The smallest absolute Gasteiger partial charge is 0.264 e. The van der Waals surface area contributed by atoms with Crippen molar-refractivity contribution in [1.82, 2.24) is 9.55 Å². The highest BCUT2D eigenvalue weighted by Crippen LogP contribution is 2.25. The van der Waals surface area contributed by atoms with Gasteiger partial charge in [0.15, 0.2) is 5.16 Å². The van der Waals surface area contributed by atoms with Gasteiger partial charge in [0.1, 0.15) is 11.6 Å². The van der Waals surface area contributed by atoms with Gasteiger partial charge in [-0.2, -0.15) is 0 Å². The van der Waals surface area contributed by atoms with E-state index in [4.69, 9.17) is 0 Å². The lowest BCUT2D eigenvalue weighted by Crippen LogP contribution is -2.13. The van der Waals surface area contributed by atoms with E-state index in [-0.39, 0.29) is 5.56 Å². The molecule has 2 aromatic carbocycles. The van der Waals surface area contributed by atoms with Gasteiger partial charge in [0, 0.05) is 11.6 Å². The van der Waals surface area contributed by atoms with Gasteiger partial charge in [0.05, 0.1) is 11.0 Å². The van der Waals surface area contributed by atoms with Crippen LogP contribution in [0.1, 0.15) is 15.9 Å². The Labute approximate surface area is 130 Å². The lowest BCUT2D eigenvalue weighted by Gasteiger charge is -2.07. The second kappa shape index (κ2) is 5.53. The summed E-state index contributed by atoms with van der Waals surface area (Å²) in [4.78, 5) is 17.0. The Balaban J connectivity index is 2.21. The van der Waals surface area contributed by atoms with Gasteiger partial charge < -0.3 is 0 Å². The van der Waals surface area contributed by atoms with Crippen LogP contribution in [0, 0.1) is 18.6 Å². The third-order valence-corrected chi connectivity index (χ3v) is 4.03. The van der Waals surface area contributed by atoms with Crippen molar-refractivity contribution in [2.24, 2.45) is 0 Å². The van der Waals surface area contributed by atoms with Crippen molar-refractivity contribution in [2.75, 3.05) is 6.26 Å². The van der Waals surface area contributed by atoms with Crippen molar-refractivity contribution >= 4 is 28.7 Å². The number of nitrogens with zero attached hydrogens (tertiary/aromatic N) is 2. The topological polar surface area (TPSA) is 34.9 Å². The van der Waals surface area contributed by atoms with Crippen molar-refractivity contribution in [3.8, 4) is 0 Å². The molecule has 0 N–H and O–H groups in total. The Bertz CT molecular complexity index is 889. The van der Waals surface area contributed by atoms with Crippen LogP contribution >= 0.6 is 11.8 Å². The van der Waals surface area contributed by atoms with E-state index >= 15 is 0 Å². The molecule has 112 valence electrons. The van der Waals surface area contributed by atoms with E-state index in [0.717, 1.165) is 0 Å². The van der Waals surface area contributed by atoms with Gasteiger partial charge in [-0.1, -0.05) is 17.8 Å². The fourth-order valence-electron chi connectivity index (χ4n) is 2.21. The molecule has 3 aromatic rings. The van der Waals surface area contributed by atoms with Crippen LogP contribution in [-0.2, 0) is 0 Å². The molecule has 0 aliphatic rings. The number of carbonyl (C=O) groups excluding carboxylic acids is 1. The number of hydrogen-bond acceptors (Lipinski definition) is 3. The number of carbonyl (C=O) groups is 1. The van der Waals surface area contributed by atoms with Crippen LogP contribution < -0.4 is 0 Å². The van der Waals surface area contributed by atoms with Crippen LogP contribution in [0.4, 0.5) is 8.78 Å². The first-order chi connectivity index (χ1) is 10.5. The minimum atomic E-state index is -0.454. The summed E-state index contributed by atoms with van der Waals surface area (Å²) in [6.07, 6.45) is 1.77. The molecule has 0 radical (unpaired) electrons. The van der Waals surface area contributed by atoms with Gasteiger partial charge in [0.2, 0.25) is 0 Å². The fraction of sp³-hybridized carbons (Fsp3) is 0.125. The quantitative estimate of drug-likeness (QED) is 0.669. The van der Waals surface area contributed by atoms with E-state index in [0.29, 0.717) is 21.8 Å². The zero-order valence-electron chi connectivity index (χ0n) is 11.9. The molecule has 0 saturated carbocycles. The number of aromatic nitrogens is 2. The summed E-state index contributed by atoms with van der Waals surface area (Å²) in [7, 11) is 0. The summed E-state index contributed by atoms with van der Waals surface area (Å²) in [6, 6.07) is 8.35. The van der Waals surface area contributed by atoms with Crippen LogP contribution in [0.25, 0.3) is 11.0 Å². The van der Waals surface area contributed by atoms with Crippen LogP contribution in [-0.4, -0.2) is 21.7 Å². The van der Waals surface area contributed by atoms with Crippen molar-refractivity contribution in [3.05, 3.63) is 59.2 Å². The number of imidazole rings is 1. The fourth-order valence-corrected chi connectivity index (χ4v) is 2.77. The average molecular weight is 318 g/mol. The minimum Gasteiger partial charge on any atom is -0.268 e. The molecule has 0 bridgehead atoms. The van der Waals surface area contributed by atoms with Gasteiger partial charge >= 0.3 is 0 Å². The van der Waals surface area contributed by atoms with E-state index < -0.39 is 17.5 Å². The Hall–Kier alpha value is -2.21. The van der Waals surface area contributed by atoms with Gasteiger partial charge in [0.25, 0.3) is 5.91 Å². The lowest BCUT2D eigenvalue weighted by atomic mass is 10.1. The van der Waals surface area contributed by atoms with Gasteiger partial charge in [-0.15, -0.1) is 0 Å². The van der Waals surface area contributed by atoms with Crippen LogP contribution in [0.15, 0.2) is 41.6 Å². The maximum absolute atomic E-state index is 13.7. The van der Waals surface area contributed by atoms with Crippen LogP contribution in [0.3, 0.4) is 0 Å². The highest BCUT2D eigenvalue weighted by molar-refractivity contribution is 7.98. The number of halogens is 2. The normalized spacial score (nSPS) is 11.1. The van der Waals surface area contributed by atoms with E-state index in [1.807, 2.05) is 0 Å². The molecule has 22 heavy (non-hydrogen) atoms. The summed E-state index contributed by atoms with van der Waals surface area (Å²) in [5, 5.41) is 0.437. The summed E-state index contributed by atoms with van der Waals surface area (Å²) >= 11 is 1.27. The number of hydrogen-bond donors (Lipinski definition) is 0. The Morgan fingerprint density at radius 2 is 1.95 bits per heavy atom. The maximum Gasteiger partial charge on any atom is 0.264 e. The Kier molecular flexibility index (Phi) is 3.70. The molecule has 3 rings (SSSR count). The van der Waals surface area contributed by atoms with Gasteiger partial charge in [-0.05, 0) is 43.0 Å². The number of aryl methyl sites for hydroxylation is 1. The standard InChI is InChI=1S/C16H12F2N2OS/c1-9-3-4-10(7-12(9)18)15(21)20-14-8-11(17)5-6-13(14)19-16(20)22-2/h3-8H,1-2H3. The Morgan fingerprint density at radius 1 is 1.18 bits per heavy atom. The molecule has 0 aliphatic heterocycles. The second-order valence-electron chi connectivity index (χ2n) is 4.84. The maximum atomic E-state index is 13.7. The molecular formula is C16H12F2N2OS. The zero-order chi connectivity index (χ0) is 15.9. The largest absolute Gasteiger partial charge is 0.268 e. The van der Waals surface area contributed by atoms with E-state index in [2.05, 4.69) is 4.98 Å².